The van der Waals surface area contributed by atoms with Gasteiger partial charge in [0.15, 0.2) is 0 Å². The second-order valence-corrected chi connectivity index (χ2v) is 14.3. The Hall–Kier alpha value is -4.44. The molecule has 2 aromatic carbocycles. The molecule has 0 radical (unpaired) electrons. The van der Waals surface area contributed by atoms with Gasteiger partial charge in [-0.15, -0.1) is 0 Å². The highest BCUT2D eigenvalue weighted by atomic mass is 16.6. The van der Waals surface area contributed by atoms with Crippen LogP contribution in [0.4, 0.5) is 9.59 Å². The molecule has 2 N–H and O–H groups in total. The number of aromatic nitrogens is 3. The van der Waals surface area contributed by atoms with Gasteiger partial charge in [-0.1, -0.05) is 36.4 Å². The molecule has 10 nitrogen and oxygen atoms in total. The van der Waals surface area contributed by atoms with Crippen LogP contribution in [-0.2, 0) is 49.1 Å². The summed E-state index contributed by atoms with van der Waals surface area (Å²) in [7, 11) is 2.07. The number of rotatable bonds is 9. The first-order valence-corrected chi connectivity index (χ1v) is 16.4. The SMILES string of the molecule is Cn1c(CN(Cc2ccc(CNC(=O)OC(C)(C)C)cc2CNC(=O)OC(C)(C)C)C2CCCc3cccnc32)nc2ccccc21. The summed E-state index contributed by atoms with van der Waals surface area (Å²) >= 11 is 0. The minimum atomic E-state index is -0.615. The van der Waals surface area contributed by atoms with Crippen LogP contribution in [0, 0.1) is 0 Å². The molecule has 10 heteroatoms. The monoisotopic (exact) mass is 640 g/mol. The first-order chi connectivity index (χ1) is 22.3. The van der Waals surface area contributed by atoms with Gasteiger partial charge in [0.2, 0.25) is 0 Å². The zero-order valence-corrected chi connectivity index (χ0v) is 28.7. The number of carbonyl (C=O) groups is 2. The number of nitrogens with one attached hydrogen (secondary N) is 2. The number of hydrogen-bond acceptors (Lipinski definition) is 7. The van der Waals surface area contributed by atoms with Gasteiger partial charge in [0, 0.05) is 32.9 Å². The van der Waals surface area contributed by atoms with Crippen LogP contribution in [-0.4, -0.2) is 42.8 Å². The quantitative estimate of drug-likeness (QED) is 0.201. The van der Waals surface area contributed by atoms with E-state index in [9.17, 15) is 9.59 Å². The maximum atomic E-state index is 12.7. The number of nitrogens with zero attached hydrogens (tertiary/aromatic N) is 4. The minimum absolute atomic E-state index is 0.0972. The normalized spacial score (nSPS) is 14.9. The Labute approximate surface area is 277 Å². The van der Waals surface area contributed by atoms with Crippen LogP contribution in [0.5, 0.6) is 0 Å². The first-order valence-electron chi connectivity index (χ1n) is 16.4. The van der Waals surface area contributed by atoms with Crippen molar-refractivity contribution in [1.82, 2.24) is 30.1 Å². The molecule has 1 aliphatic rings. The molecule has 0 spiro atoms. The summed E-state index contributed by atoms with van der Waals surface area (Å²) < 4.78 is 13.1. The number of benzene rings is 2. The summed E-state index contributed by atoms with van der Waals surface area (Å²) in [6, 6.07) is 18.6. The molecule has 2 aromatic heterocycles. The van der Waals surface area contributed by atoms with Crippen molar-refractivity contribution in [2.75, 3.05) is 0 Å². The summed E-state index contributed by atoms with van der Waals surface area (Å²) in [6.45, 7) is 12.8. The summed E-state index contributed by atoms with van der Waals surface area (Å²) in [6.07, 6.45) is 3.99. The van der Waals surface area contributed by atoms with E-state index in [1.54, 1.807) is 0 Å². The number of pyridine rings is 1. The summed E-state index contributed by atoms with van der Waals surface area (Å²) in [5.74, 6) is 0.973. The molecule has 2 heterocycles. The van der Waals surface area contributed by atoms with Gasteiger partial charge in [-0.05, 0) is 101 Å². The summed E-state index contributed by atoms with van der Waals surface area (Å²) in [5, 5.41) is 5.79. The molecule has 0 bridgehead atoms. The Morgan fingerprint density at radius 2 is 1.60 bits per heavy atom. The number of para-hydroxylation sites is 2. The fourth-order valence-electron chi connectivity index (χ4n) is 6.03. The lowest BCUT2D eigenvalue weighted by Crippen LogP contribution is -2.34. The van der Waals surface area contributed by atoms with E-state index in [2.05, 4.69) is 45.3 Å². The van der Waals surface area contributed by atoms with E-state index in [1.165, 1.54) is 5.56 Å². The molecule has 5 rings (SSSR count). The highest BCUT2D eigenvalue weighted by Crippen LogP contribution is 2.35. The van der Waals surface area contributed by atoms with Gasteiger partial charge < -0.3 is 24.7 Å². The fraction of sp³-hybridized carbons (Fsp3) is 0.459. The number of imidazole rings is 1. The molecule has 0 aliphatic heterocycles. The topological polar surface area (TPSA) is 111 Å². The van der Waals surface area contributed by atoms with Gasteiger partial charge in [0.1, 0.15) is 17.0 Å². The van der Waals surface area contributed by atoms with Crippen LogP contribution in [0.1, 0.15) is 94.2 Å². The Bertz CT molecular complexity index is 1720. The van der Waals surface area contributed by atoms with Crippen molar-refractivity contribution in [3.8, 4) is 0 Å². The number of aryl methyl sites for hydroxylation is 2. The van der Waals surface area contributed by atoms with Gasteiger partial charge in [-0.2, -0.15) is 0 Å². The molecule has 0 saturated heterocycles. The standard InChI is InChI=1S/C37H48N6O4/c1-36(2,3)46-34(44)39-21-25-17-18-27(28(20-25)22-40-35(45)47-37(4,5)6)23-43(31-16-10-12-26-13-11-19-38-33(26)31)24-32-41-29-14-8-9-15-30(29)42(32)7/h8-9,11,13-15,17-20,31H,10,12,16,21-24H2,1-7H3,(H,39,44)(H,40,45). The molecular weight excluding hydrogens is 592 g/mol. The predicted molar refractivity (Wildman–Crippen MR) is 182 cm³/mol. The maximum absolute atomic E-state index is 12.7. The van der Waals surface area contributed by atoms with E-state index in [1.807, 2.05) is 84.1 Å². The first kappa shape index (κ1) is 33.9. The molecule has 1 unspecified atom stereocenters. The third-order valence-electron chi connectivity index (χ3n) is 8.13. The van der Waals surface area contributed by atoms with Crippen LogP contribution >= 0.6 is 0 Å². The van der Waals surface area contributed by atoms with E-state index in [-0.39, 0.29) is 19.1 Å². The van der Waals surface area contributed by atoms with Crippen LogP contribution in [0.3, 0.4) is 0 Å². The van der Waals surface area contributed by atoms with Crippen LogP contribution in [0.15, 0.2) is 60.8 Å². The molecular formula is C37H48N6O4. The Balaban J connectivity index is 1.47. The fourth-order valence-corrected chi connectivity index (χ4v) is 6.03. The van der Waals surface area contributed by atoms with E-state index in [0.29, 0.717) is 13.1 Å². The van der Waals surface area contributed by atoms with E-state index < -0.39 is 23.4 Å². The van der Waals surface area contributed by atoms with E-state index >= 15 is 0 Å². The highest BCUT2D eigenvalue weighted by Gasteiger charge is 2.29. The third-order valence-corrected chi connectivity index (χ3v) is 8.13. The van der Waals surface area contributed by atoms with Gasteiger partial charge in [-0.3, -0.25) is 9.88 Å². The predicted octanol–water partition coefficient (Wildman–Crippen LogP) is 7.10. The lowest BCUT2D eigenvalue weighted by molar-refractivity contribution is 0.0513. The molecule has 250 valence electrons. The number of alkyl carbamates (subject to hydrolysis) is 2. The number of hydrogen-bond donors (Lipinski definition) is 2. The lowest BCUT2D eigenvalue weighted by atomic mass is 9.90. The maximum Gasteiger partial charge on any atom is 0.407 e. The average molecular weight is 641 g/mol. The van der Waals surface area contributed by atoms with Crippen molar-refractivity contribution in [3.63, 3.8) is 0 Å². The molecule has 0 fully saturated rings. The largest absolute Gasteiger partial charge is 0.444 e. The second kappa shape index (κ2) is 14.1. The minimum Gasteiger partial charge on any atom is -0.444 e. The van der Waals surface area contributed by atoms with E-state index in [4.69, 9.17) is 19.4 Å². The smallest absolute Gasteiger partial charge is 0.407 e. The van der Waals surface area contributed by atoms with Crippen LogP contribution < -0.4 is 10.6 Å². The number of carbonyl (C=O) groups excluding carboxylic acids is 2. The van der Waals surface area contributed by atoms with Gasteiger partial charge in [0.05, 0.1) is 29.3 Å². The Morgan fingerprint density at radius 3 is 2.30 bits per heavy atom. The van der Waals surface area contributed by atoms with Crippen molar-refractivity contribution < 1.29 is 19.1 Å². The molecule has 2 amide bonds. The molecule has 47 heavy (non-hydrogen) atoms. The molecule has 1 aliphatic carbocycles. The zero-order valence-electron chi connectivity index (χ0n) is 28.7. The Morgan fingerprint density at radius 1 is 0.894 bits per heavy atom. The molecule has 4 aromatic rings. The third kappa shape index (κ3) is 9.10. The van der Waals surface area contributed by atoms with Gasteiger partial charge in [0.25, 0.3) is 0 Å². The lowest BCUT2D eigenvalue weighted by Gasteiger charge is -2.35. The van der Waals surface area contributed by atoms with Crippen molar-refractivity contribution >= 4 is 23.2 Å². The van der Waals surface area contributed by atoms with Gasteiger partial charge >= 0.3 is 12.2 Å². The average Bonchev–Trinajstić information content (AvgIpc) is 3.32. The second-order valence-electron chi connectivity index (χ2n) is 14.3. The summed E-state index contributed by atoms with van der Waals surface area (Å²) in [5.41, 5.74) is 6.15. The number of ether oxygens (including phenoxy) is 2. The van der Waals surface area contributed by atoms with Crippen molar-refractivity contribution in [2.24, 2.45) is 7.05 Å². The summed E-state index contributed by atoms with van der Waals surface area (Å²) in [4.78, 5) is 37.4. The van der Waals surface area contributed by atoms with E-state index in [0.717, 1.165) is 58.5 Å². The highest BCUT2D eigenvalue weighted by molar-refractivity contribution is 5.75. The number of amides is 2. The van der Waals surface area contributed by atoms with Crippen molar-refractivity contribution in [1.29, 1.82) is 0 Å². The van der Waals surface area contributed by atoms with Crippen molar-refractivity contribution in [2.45, 2.75) is 104 Å². The zero-order chi connectivity index (χ0) is 33.8. The molecule has 1 atom stereocenters. The molecule has 0 saturated carbocycles. The number of fused-ring (bicyclic) bond motifs is 2. The Kier molecular flexibility index (Phi) is 10.2. The van der Waals surface area contributed by atoms with Crippen molar-refractivity contribution in [3.05, 3.63) is 94.6 Å². The van der Waals surface area contributed by atoms with Crippen LogP contribution in [0.2, 0.25) is 0 Å². The van der Waals surface area contributed by atoms with Crippen LogP contribution in [0.25, 0.3) is 11.0 Å². The van der Waals surface area contributed by atoms with Gasteiger partial charge in [-0.25, -0.2) is 14.6 Å².